The molecule has 1 N–H and O–H groups in total. The fourth-order valence-corrected chi connectivity index (χ4v) is 3.84. The van der Waals surface area contributed by atoms with E-state index < -0.39 is 0 Å². The third-order valence-corrected chi connectivity index (χ3v) is 5.57. The highest BCUT2D eigenvalue weighted by atomic mass is 79.9. The van der Waals surface area contributed by atoms with Gasteiger partial charge in [-0.3, -0.25) is 0 Å². The minimum atomic E-state index is 0.0280. The quantitative estimate of drug-likeness (QED) is 0.500. The van der Waals surface area contributed by atoms with Crippen molar-refractivity contribution in [1.29, 1.82) is 5.26 Å². The summed E-state index contributed by atoms with van der Waals surface area (Å²) in [6.07, 6.45) is 2.73. The summed E-state index contributed by atoms with van der Waals surface area (Å²) >= 11 is 4.73. The second kappa shape index (κ2) is 8.38. The van der Waals surface area contributed by atoms with Crippen LogP contribution in [0.3, 0.4) is 0 Å². The maximum absolute atomic E-state index is 9.93. The van der Waals surface area contributed by atoms with E-state index in [1.54, 1.807) is 18.2 Å². The number of nitrogens with zero attached hydrogens (tertiary/aromatic N) is 2. The number of halogens is 1. The molecule has 0 amide bonds. The van der Waals surface area contributed by atoms with E-state index in [0.717, 1.165) is 23.2 Å². The van der Waals surface area contributed by atoms with Crippen molar-refractivity contribution in [1.82, 2.24) is 4.98 Å². The first-order chi connectivity index (χ1) is 13.0. The van der Waals surface area contributed by atoms with E-state index in [1.807, 2.05) is 5.38 Å². The molecule has 1 heterocycles. The van der Waals surface area contributed by atoms with Crippen molar-refractivity contribution in [3.63, 3.8) is 0 Å². The summed E-state index contributed by atoms with van der Waals surface area (Å²) in [5.74, 6) is 0.365. The number of rotatable bonds is 5. The Hall–Kier alpha value is -2.62. The Morgan fingerprint density at radius 1 is 1.33 bits per heavy atom. The van der Waals surface area contributed by atoms with Gasteiger partial charge in [0, 0.05) is 10.9 Å². The summed E-state index contributed by atoms with van der Waals surface area (Å²) in [7, 11) is 1.48. The lowest BCUT2D eigenvalue weighted by molar-refractivity contribution is 0.372. The van der Waals surface area contributed by atoms with E-state index in [1.165, 1.54) is 24.0 Å². The standard InChI is InChI=1S/C21H17BrN2O2S/c1-3-13-4-6-15(7-5-13)18-12-27-21(24-18)16(11-23)8-14-9-17(22)20(25)19(10-14)26-2/h4-10,12,25H,3H2,1-2H3/b16-8+. The Balaban J connectivity index is 1.95. The van der Waals surface area contributed by atoms with Crippen LogP contribution < -0.4 is 4.74 Å². The highest BCUT2D eigenvalue weighted by Crippen LogP contribution is 2.36. The summed E-state index contributed by atoms with van der Waals surface area (Å²) in [6, 6.07) is 13.9. The van der Waals surface area contributed by atoms with E-state index in [-0.39, 0.29) is 5.75 Å². The van der Waals surface area contributed by atoms with Crippen molar-refractivity contribution in [2.24, 2.45) is 0 Å². The molecule has 0 saturated carbocycles. The molecular weight excluding hydrogens is 424 g/mol. The predicted octanol–water partition coefficient (Wildman–Crippen LogP) is 5.91. The molecule has 0 aliphatic carbocycles. The first kappa shape index (κ1) is 19.2. The second-order valence-corrected chi connectivity index (χ2v) is 7.52. The molecule has 3 aromatic rings. The van der Waals surface area contributed by atoms with Gasteiger partial charge in [-0.1, -0.05) is 31.2 Å². The summed E-state index contributed by atoms with van der Waals surface area (Å²) in [5, 5.41) is 22.1. The number of aromatic nitrogens is 1. The van der Waals surface area contributed by atoms with Crippen LogP contribution in [0.2, 0.25) is 0 Å². The van der Waals surface area contributed by atoms with Gasteiger partial charge in [-0.25, -0.2) is 4.98 Å². The number of aryl methyl sites for hydroxylation is 1. The molecule has 0 radical (unpaired) electrons. The number of nitriles is 1. The number of benzene rings is 2. The number of aromatic hydroxyl groups is 1. The molecule has 0 bridgehead atoms. The molecule has 0 atom stereocenters. The topological polar surface area (TPSA) is 66.1 Å². The van der Waals surface area contributed by atoms with Crippen molar-refractivity contribution >= 4 is 38.9 Å². The number of allylic oxidation sites excluding steroid dienone is 1. The van der Waals surface area contributed by atoms with E-state index in [9.17, 15) is 10.4 Å². The summed E-state index contributed by atoms with van der Waals surface area (Å²) < 4.78 is 5.66. The molecule has 0 spiro atoms. The molecule has 0 saturated heterocycles. The monoisotopic (exact) mass is 440 g/mol. The van der Waals surface area contributed by atoms with E-state index in [4.69, 9.17) is 4.74 Å². The fourth-order valence-electron chi connectivity index (χ4n) is 2.58. The molecule has 0 fully saturated rings. The van der Waals surface area contributed by atoms with Gasteiger partial charge in [0.15, 0.2) is 11.5 Å². The molecule has 0 aliphatic rings. The van der Waals surface area contributed by atoms with E-state index in [2.05, 4.69) is 58.2 Å². The van der Waals surface area contributed by atoms with Crippen LogP contribution in [-0.2, 0) is 6.42 Å². The minimum Gasteiger partial charge on any atom is -0.503 e. The lowest BCUT2D eigenvalue weighted by atomic mass is 10.1. The van der Waals surface area contributed by atoms with Gasteiger partial charge in [0.05, 0.1) is 22.8 Å². The molecule has 2 aromatic carbocycles. The molecule has 27 heavy (non-hydrogen) atoms. The van der Waals surface area contributed by atoms with Gasteiger partial charge in [0.2, 0.25) is 0 Å². The van der Waals surface area contributed by atoms with Gasteiger partial charge in [0.1, 0.15) is 11.1 Å². The van der Waals surface area contributed by atoms with Gasteiger partial charge in [0.25, 0.3) is 0 Å². The van der Waals surface area contributed by atoms with Crippen LogP contribution in [-0.4, -0.2) is 17.2 Å². The highest BCUT2D eigenvalue weighted by Gasteiger charge is 2.12. The number of methoxy groups -OCH3 is 1. The molecular formula is C21H17BrN2O2S. The molecule has 4 nitrogen and oxygen atoms in total. The zero-order valence-corrected chi connectivity index (χ0v) is 17.3. The number of phenolic OH excluding ortho intramolecular Hbond substituents is 1. The Morgan fingerprint density at radius 2 is 2.07 bits per heavy atom. The largest absolute Gasteiger partial charge is 0.503 e. The smallest absolute Gasteiger partial charge is 0.172 e. The van der Waals surface area contributed by atoms with Crippen molar-refractivity contribution in [3.8, 4) is 28.8 Å². The average Bonchev–Trinajstić information content (AvgIpc) is 3.18. The van der Waals surface area contributed by atoms with E-state index >= 15 is 0 Å². The first-order valence-corrected chi connectivity index (χ1v) is 9.96. The number of thiazole rings is 1. The lowest BCUT2D eigenvalue weighted by Gasteiger charge is -2.06. The van der Waals surface area contributed by atoms with Crippen LogP contribution in [0, 0.1) is 11.3 Å². The predicted molar refractivity (Wildman–Crippen MR) is 113 cm³/mol. The van der Waals surface area contributed by atoms with Crippen molar-refractivity contribution in [3.05, 3.63) is 62.4 Å². The normalized spacial score (nSPS) is 11.3. The minimum absolute atomic E-state index is 0.0280. The molecule has 136 valence electrons. The first-order valence-electron chi connectivity index (χ1n) is 8.29. The zero-order valence-electron chi connectivity index (χ0n) is 14.9. The number of ether oxygens (including phenoxy) is 1. The zero-order chi connectivity index (χ0) is 19.4. The van der Waals surface area contributed by atoms with Crippen molar-refractivity contribution in [2.45, 2.75) is 13.3 Å². The third kappa shape index (κ3) is 4.21. The van der Waals surface area contributed by atoms with E-state index in [0.29, 0.717) is 20.8 Å². The second-order valence-electron chi connectivity index (χ2n) is 5.81. The maximum atomic E-state index is 9.93. The number of phenols is 1. The maximum Gasteiger partial charge on any atom is 0.172 e. The van der Waals surface area contributed by atoms with Gasteiger partial charge >= 0.3 is 0 Å². The summed E-state index contributed by atoms with van der Waals surface area (Å²) in [4.78, 5) is 4.62. The van der Waals surface area contributed by atoms with Crippen LogP contribution in [0.1, 0.15) is 23.1 Å². The SMILES string of the molecule is CCc1ccc(-c2csc(/C(C#N)=C/c3cc(Br)c(O)c(OC)c3)n2)cc1. The van der Waals surface area contributed by atoms with Crippen LogP contribution in [0.25, 0.3) is 22.9 Å². The Bertz CT molecular complexity index is 1030. The van der Waals surface area contributed by atoms with Crippen molar-refractivity contribution < 1.29 is 9.84 Å². The fraction of sp³-hybridized carbons (Fsp3) is 0.143. The van der Waals surface area contributed by atoms with Gasteiger partial charge in [-0.05, 0) is 51.7 Å². The third-order valence-electron chi connectivity index (χ3n) is 4.09. The van der Waals surface area contributed by atoms with Gasteiger partial charge in [-0.2, -0.15) is 5.26 Å². The molecule has 3 rings (SSSR count). The van der Waals surface area contributed by atoms with Crippen LogP contribution >= 0.6 is 27.3 Å². The molecule has 6 heteroatoms. The van der Waals surface area contributed by atoms with Gasteiger partial charge < -0.3 is 9.84 Å². The Labute approximate surface area is 170 Å². The summed E-state index contributed by atoms with van der Waals surface area (Å²) in [6.45, 7) is 2.12. The highest BCUT2D eigenvalue weighted by molar-refractivity contribution is 9.10. The number of hydrogen-bond donors (Lipinski definition) is 1. The molecule has 0 aliphatic heterocycles. The van der Waals surface area contributed by atoms with Crippen LogP contribution in [0.4, 0.5) is 0 Å². The Morgan fingerprint density at radius 3 is 2.70 bits per heavy atom. The molecule has 0 unspecified atom stereocenters. The van der Waals surface area contributed by atoms with Crippen LogP contribution in [0.15, 0.2) is 46.3 Å². The van der Waals surface area contributed by atoms with Crippen molar-refractivity contribution in [2.75, 3.05) is 7.11 Å². The summed E-state index contributed by atoms with van der Waals surface area (Å²) in [5.41, 5.74) is 4.34. The van der Waals surface area contributed by atoms with Crippen LogP contribution in [0.5, 0.6) is 11.5 Å². The lowest BCUT2D eigenvalue weighted by Crippen LogP contribution is -1.87. The Kier molecular flexibility index (Phi) is 5.94. The number of hydrogen-bond acceptors (Lipinski definition) is 5. The molecule has 1 aromatic heterocycles. The average molecular weight is 441 g/mol. The van der Waals surface area contributed by atoms with Gasteiger partial charge in [-0.15, -0.1) is 11.3 Å².